The molecular formula is C16H21N3O3. The van der Waals surface area contributed by atoms with Gasteiger partial charge in [0.1, 0.15) is 0 Å². The molecule has 2 aromatic rings. The van der Waals surface area contributed by atoms with Crippen molar-refractivity contribution >= 4 is 0 Å². The molecule has 1 aromatic carbocycles. The van der Waals surface area contributed by atoms with Crippen LogP contribution in [-0.4, -0.2) is 29.9 Å². The Morgan fingerprint density at radius 2 is 2.14 bits per heavy atom. The first-order valence-corrected chi connectivity index (χ1v) is 7.70. The van der Waals surface area contributed by atoms with Crippen molar-refractivity contribution in [3.8, 4) is 11.5 Å². The third kappa shape index (κ3) is 3.76. The van der Waals surface area contributed by atoms with E-state index < -0.39 is 0 Å². The van der Waals surface area contributed by atoms with Crippen LogP contribution in [0.4, 0.5) is 0 Å². The van der Waals surface area contributed by atoms with Crippen LogP contribution in [-0.2, 0) is 13.0 Å². The number of fused-ring (bicyclic) bond motifs is 1. The number of aryl methyl sites for hydroxylation is 2. The van der Waals surface area contributed by atoms with E-state index in [-0.39, 0.29) is 0 Å². The lowest BCUT2D eigenvalue weighted by Gasteiger charge is -2.12. The number of nitrogens with zero attached hydrogens (tertiary/aromatic N) is 2. The molecule has 0 saturated carbocycles. The number of ether oxygens (including phenoxy) is 2. The van der Waals surface area contributed by atoms with Crippen molar-refractivity contribution < 1.29 is 14.0 Å². The number of para-hydroxylation sites is 1. The summed E-state index contributed by atoms with van der Waals surface area (Å²) in [6.07, 6.45) is 2.67. The van der Waals surface area contributed by atoms with Gasteiger partial charge in [0.05, 0.1) is 13.2 Å². The second-order valence-corrected chi connectivity index (χ2v) is 5.31. The second kappa shape index (κ2) is 7.26. The minimum atomic E-state index is 0.687. The number of benzene rings is 1. The normalized spacial score (nSPS) is 13.9. The molecular weight excluding hydrogens is 282 g/mol. The molecule has 118 valence electrons. The van der Waals surface area contributed by atoms with Crippen LogP contribution in [0.3, 0.4) is 0 Å². The minimum absolute atomic E-state index is 0.687. The Kier molecular flexibility index (Phi) is 4.90. The van der Waals surface area contributed by atoms with Crippen molar-refractivity contribution in [3.63, 3.8) is 0 Å². The molecule has 22 heavy (non-hydrogen) atoms. The van der Waals surface area contributed by atoms with Gasteiger partial charge in [0, 0.05) is 24.9 Å². The molecule has 1 aliphatic rings. The van der Waals surface area contributed by atoms with E-state index in [1.165, 1.54) is 0 Å². The summed E-state index contributed by atoms with van der Waals surface area (Å²) < 4.78 is 16.6. The summed E-state index contributed by atoms with van der Waals surface area (Å²) in [5.41, 5.74) is 1.13. The monoisotopic (exact) mass is 303 g/mol. The molecule has 6 nitrogen and oxygen atoms in total. The largest absolute Gasteiger partial charge is 0.490 e. The van der Waals surface area contributed by atoms with Gasteiger partial charge >= 0.3 is 0 Å². The van der Waals surface area contributed by atoms with E-state index in [2.05, 4.69) is 21.5 Å². The van der Waals surface area contributed by atoms with Crippen molar-refractivity contribution in [2.24, 2.45) is 0 Å². The fraction of sp³-hybridized carbons (Fsp3) is 0.500. The van der Waals surface area contributed by atoms with Gasteiger partial charge in [0.15, 0.2) is 17.3 Å². The molecule has 0 aliphatic carbocycles. The lowest BCUT2D eigenvalue weighted by atomic mass is 10.2. The SMILES string of the molecule is Cc1noc(CCCNCc2cccc3c2OCCCO3)n1. The summed E-state index contributed by atoms with van der Waals surface area (Å²) in [5.74, 6) is 3.11. The summed E-state index contributed by atoms with van der Waals surface area (Å²) >= 11 is 0. The highest BCUT2D eigenvalue weighted by Gasteiger charge is 2.13. The molecule has 0 amide bonds. The van der Waals surface area contributed by atoms with E-state index in [9.17, 15) is 0 Å². The van der Waals surface area contributed by atoms with Crippen molar-refractivity contribution in [2.45, 2.75) is 32.7 Å². The maximum atomic E-state index is 5.81. The highest BCUT2D eigenvalue weighted by molar-refractivity contribution is 5.47. The zero-order valence-electron chi connectivity index (χ0n) is 12.8. The van der Waals surface area contributed by atoms with Crippen molar-refractivity contribution in [1.82, 2.24) is 15.5 Å². The van der Waals surface area contributed by atoms with Crippen molar-refractivity contribution in [2.75, 3.05) is 19.8 Å². The molecule has 6 heteroatoms. The maximum Gasteiger partial charge on any atom is 0.226 e. The topological polar surface area (TPSA) is 69.4 Å². The molecule has 1 N–H and O–H groups in total. The van der Waals surface area contributed by atoms with Gasteiger partial charge in [0.25, 0.3) is 0 Å². The van der Waals surface area contributed by atoms with Crippen LogP contribution in [0.5, 0.6) is 11.5 Å². The molecule has 0 radical (unpaired) electrons. The van der Waals surface area contributed by atoms with Gasteiger partial charge in [-0.3, -0.25) is 0 Å². The van der Waals surface area contributed by atoms with Crippen LogP contribution in [0, 0.1) is 6.92 Å². The zero-order valence-corrected chi connectivity index (χ0v) is 12.8. The molecule has 0 unspecified atom stereocenters. The Bertz CT molecular complexity index is 612. The molecule has 3 rings (SSSR count). The smallest absolute Gasteiger partial charge is 0.226 e. The Labute approximate surface area is 129 Å². The fourth-order valence-electron chi connectivity index (χ4n) is 2.42. The predicted octanol–water partition coefficient (Wildman–Crippen LogP) is 2.26. The lowest BCUT2D eigenvalue weighted by Crippen LogP contribution is -2.16. The predicted molar refractivity (Wildman–Crippen MR) is 81.1 cm³/mol. The van der Waals surface area contributed by atoms with Gasteiger partial charge in [-0.1, -0.05) is 17.3 Å². The van der Waals surface area contributed by atoms with E-state index in [0.29, 0.717) is 24.9 Å². The fourth-order valence-corrected chi connectivity index (χ4v) is 2.42. The number of rotatable bonds is 6. The number of aromatic nitrogens is 2. The second-order valence-electron chi connectivity index (χ2n) is 5.31. The summed E-state index contributed by atoms with van der Waals surface area (Å²) in [7, 11) is 0. The average molecular weight is 303 g/mol. The van der Waals surface area contributed by atoms with Gasteiger partial charge in [-0.05, 0) is 26.0 Å². The van der Waals surface area contributed by atoms with Crippen LogP contribution in [0.2, 0.25) is 0 Å². The van der Waals surface area contributed by atoms with Gasteiger partial charge in [-0.15, -0.1) is 0 Å². The Balaban J connectivity index is 1.47. The molecule has 0 fully saturated rings. The molecule has 0 saturated heterocycles. The standard InChI is InChI=1S/C16H21N3O3/c1-12-18-15(22-19-12)7-3-8-17-11-13-5-2-6-14-16(13)21-10-4-9-20-14/h2,5-6,17H,3-4,7-11H2,1H3. The first kappa shape index (κ1) is 14.8. The molecule has 0 bridgehead atoms. The maximum absolute atomic E-state index is 5.81. The van der Waals surface area contributed by atoms with Gasteiger partial charge in [-0.2, -0.15) is 4.98 Å². The average Bonchev–Trinajstić information content (AvgIpc) is 2.79. The highest BCUT2D eigenvalue weighted by atomic mass is 16.5. The first-order valence-electron chi connectivity index (χ1n) is 7.70. The number of nitrogens with one attached hydrogen (secondary N) is 1. The summed E-state index contributed by atoms with van der Waals surface area (Å²) in [4.78, 5) is 4.19. The molecule has 2 heterocycles. The minimum Gasteiger partial charge on any atom is -0.490 e. The van der Waals surface area contributed by atoms with Crippen LogP contribution in [0.1, 0.15) is 30.1 Å². The van der Waals surface area contributed by atoms with Crippen LogP contribution < -0.4 is 14.8 Å². The van der Waals surface area contributed by atoms with Crippen LogP contribution in [0.15, 0.2) is 22.7 Å². The highest BCUT2D eigenvalue weighted by Crippen LogP contribution is 2.33. The summed E-state index contributed by atoms with van der Waals surface area (Å²) in [6.45, 7) is 4.89. The van der Waals surface area contributed by atoms with Crippen molar-refractivity contribution in [1.29, 1.82) is 0 Å². The van der Waals surface area contributed by atoms with E-state index in [1.54, 1.807) is 0 Å². The summed E-state index contributed by atoms with van der Waals surface area (Å²) in [6, 6.07) is 6.04. The third-order valence-corrected chi connectivity index (χ3v) is 3.48. The summed E-state index contributed by atoms with van der Waals surface area (Å²) in [5, 5.41) is 7.21. The number of hydrogen-bond donors (Lipinski definition) is 1. The number of hydrogen-bond acceptors (Lipinski definition) is 6. The Hall–Kier alpha value is -2.08. The van der Waals surface area contributed by atoms with Crippen molar-refractivity contribution in [3.05, 3.63) is 35.5 Å². The quantitative estimate of drug-likeness (QED) is 0.826. The van der Waals surface area contributed by atoms with Gasteiger partial charge < -0.3 is 19.3 Å². The lowest BCUT2D eigenvalue weighted by molar-refractivity contribution is 0.296. The molecule has 0 atom stereocenters. The van der Waals surface area contributed by atoms with Gasteiger partial charge in [-0.25, -0.2) is 0 Å². The molecule has 1 aliphatic heterocycles. The van der Waals surface area contributed by atoms with E-state index in [1.807, 2.05) is 19.1 Å². The third-order valence-electron chi connectivity index (χ3n) is 3.48. The van der Waals surface area contributed by atoms with E-state index in [4.69, 9.17) is 14.0 Å². The van der Waals surface area contributed by atoms with Crippen LogP contribution in [0.25, 0.3) is 0 Å². The van der Waals surface area contributed by atoms with Gasteiger partial charge in [0.2, 0.25) is 5.89 Å². The Morgan fingerprint density at radius 1 is 1.23 bits per heavy atom. The first-order chi connectivity index (χ1) is 10.8. The Morgan fingerprint density at radius 3 is 3.00 bits per heavy atom. The van der Waals surface area contributed by atoms with E-state index >= 15 is 0 Å². The van der Waals surface area contributed by atoms with E-state index in [0.717, 1.165) is 49.4 Å². The van der Waals surface area contributed by atoms with Crippen LogP contribution >= 0.6 is 0 Å². The molecule has 0 spiro atoms. The molecule has 1 aromatic heterocycles. The zero-order chi connectivity index (χ0) is 15.2.